The van der Waals surface area contributed by atoms with Crippen LogP contribution in [0.15, 0.2) is 41.9 Å². The number of hydrogen-bond acceptors (Lipinski definition) is 1. The third-order valence-electron chi connectivity index (χ3n) is 4.05. The average Bonchev–Trinajstić information content (AvgIpc) is 2.74. The molecule has 27 heavy (non-hydrogen) atoms. The van der Waals surface area contributed by atoms with Crippen LogP contribution in [-0.4, -0.2) is 50.2 Å². The van der Waals surface area contributed by atoms with E-state index in [4.69, 9.17) is 0 Å². The Morgan fingerprint density at radius 1 is 0.852 bits per heavy atom. The van der Waals surface area contributed by atoms with Crippen LogP contribution in [0.25, 0.3) is 5.57 Å². The molecule has 5 heteroatoms. The first-order valence-electron chi connectivity index (χ1n) is 9.69. The molecule has 0 aliphatic carbocycles. The molecule has 0 aliphatic rings. The second-order valence-corrected chi connectivity index (χ2v) is 11.9. The van der Waals surface area contributed by atoms with Crippen molar-refractivity contribution < 1.29 is 17.8 Å². The summed E-state index contributed by atoms with van der Waals surface area (Å²) in [5.74, 6) is 0. The summed E-state index contributed by atoms with van der Waals surface area (Å²) in [6.45, 7) is 17.6. The van der Waals surface area contributed by atoms with Gasteiger partial charge in [0.1, 0.15) is 0 Å². The van der Waals surface area contributed by atoms with Gasteiger partial charge in [-0.1, -0.05) is 66.0 Å². The normalized spacial score (nSPS) is 9.78. The first-order valence-corrected chi connectivity index (χ1v) is 18.5. The quantitative estimate of drug-likeness (QED) is 0.152. The second kappa shape index (κ2) is 26.7. The Bertz CT molecular complexity index is 410. The van der Waals surface area contributed by atoms with Gasteiger partial charge in [0, 0.05) is 7.05 Å². The Hall–Kier alpha value is 0.658. The van der Waals surface area contributed by atoms with E-state index in [1.165, 1.54) is 37.0 Å². The van der Waals surface area contributed by atoms with Gasteiger partial charge in [0.15, 0.2) is 0 Å². The van der Waals surface area contributed by atoms with Gasteiger partial charge in [0.25, 0.3) is 0 Å². The van der Waals surface area contributed by atoms with Crippen LogP contribution in [0.4, 0.5) is 0 Å². The first-order chi connectivity index (χ1) is 13.0. The van der Waals surface area contributed by atoms with Crippen LogP contribution in [0.1, 0.15) is 47.1 Å². The van der Waals surface area contributed by atoms with E-state index < -0.39 is 0 Å². The van der Waals surface area contributed by atoms with Crippen molar-refractivity contribution >= 4 is 40.9 Å². The minimum absolute atomic E-state index is 0.446. The fourth-order valence-electron chi connectivity index (χ4n) is 2.18. The zero-order valence-electron chi connectivity index (χ0n) is 18.4. The van der Waals surface area contributed by atoms with Gasteiger partial charge in [0.2, 0.25) is 0 Å². The van der Waals surface area contributed by atoms with E-state index in [-0.39, 0.29) is 0 Å². The third-order valence-corrected chi connectivity index (χ3v) is 9.42. The molecule has 1 aromatic carbocycles. The molecule has 0 saturated carbocycles. The molecule has 1 nitrogen and oxygen atoms in total. The Balaban J connectivity index is -0.000000319. The first kappa shape index (κ1) is 32.3. The summed E-state index contributed by atoms with van der Waals surface area (Å²) in [5, 5.41) is 0. The van der Waals surface area contributed by atoms with Crippen LogP contribution in [0, 0.1) is 0 Å². The van der Waals surface area contributed by atoms with Crippen molar-refractivity contribution in [3.8, 4) is 0 Å². The van der Waals surface area contributed by atoms with Crippen molar-refractivity contribution in [2.75, 3.05) is 44.0 Å². The van der Waals surface area contributed by atoms with Gasteiger partial charge in [-0.3, -0.25) is 0 Å². The monoisotopic (exact) mass is 654 g/mol. The van der Waals surface area contributed by atoms with Crippen molar-refractivity contribution in [2.24, 2.45) is 4.99 Å². The maximum absolute atomic E-state index is 3.81. The topological polar surface area (TPSA) is 12.4 Å². The van der Waals surface area contributed by atoms with Crippen LogP contribution in [-0.2, 0) is 17.8 Å². The van der Waals surface area contributed by atoms with Gasteiger partial charge < -0.3 is 4.99 Å². The summed E-state index contributed by atoms with van der Waals surface area (Å²) < 4.78 is 0. The number of nitrogens with zero attached hydrogens (tertiary/aromatic N) is 1. The summed E-state index contributed by atoms with van der Waals surface area (Å²) in [6.07, 6.45) is 11.3. The molecule has 0 amide bonds. The fraction of sp³-hybridized carbons (Fsp3) is 0.591. The molecule has 0 atom stereocenters. The molecule has 0 aromatic heterocycles. The molecule has 0 saturated heterocycles. The number of aliphatic imine (C=N–C) groups is 1. The SMILES string of the molecule is C=C([C-]=NC)c1ccccc1.CCP(CC)CC.CCP(CC)CC.[Br][Pt+]. The fourth-order valence-corrected chi connectivity index (χ4v) is 4.86. The predicted molar refractivity (Wildman–Crippen MR) is 135 cm³/mol. The Labute approximate surface area is 190 Å². The molecule has 1 rings (SSSR count). The van der Waals surface area contributed by atoms with Crippen molar-refractivity contribution in [3.05, 3.63) is 42.5 Å². The summed E-state index contributed by atoms with van der Waals surface area (Å²) >= 11 is 4.86. The molecule has 160 valence electrons. The van der Waals surface area contributed by atoms with Crippen molar-refractivity contribution in [1.29, 1.82) is 0 Å². The van der Waals surface area contributed by atoms with E-state index in [0.29, 0.717) is 15.8 Å². The third kappa shape index (κ3) is 21.2. The van der Waals surface area contributed by atoms with E-state index >= 15 is 0 Å². The Kier molecular flexibility index (Phi) is 31.9. The van der Waals surface area contributed by atoms with Crippen molar-refractivity contribution in [2.45, 2.75) is 41.5 Å². The molecule has 0 N–H and O–H groups in total. The van der Waals surface area contributed by atoms with Gasteiger partial charge in [-0.15, -0.1) is 33.5 Å². The van der Waals surface area contributed by atoms with Gasteiger partial charge in [-0.25, -0.2) is 0 Å². The second-order valence-electron chi connectivity index (χ2n) is 5.42. The molecular formula is C22H40BrNP2Pt. The van der Waals surface area contributed by atoms with Gasteiger partial charge in [-0.05, 0) is 37.0 Å². The van der Waals surface area contributed by atoms with Gasteiger partial charge >= 0.3 is 31.1 Å². The van der Waals surface area contributed by atoms with E-state index in [0.717, 1.165) is 11.1 Å². The van der Waals surface area contributed by atoms with Crippen molar-refractivity contribution in [1.82, 2.24) is 0 Å². The van der Waals surface area contributed by atoms with Crippen LogP contribution < -0.4 is 0 Å². The van der Waals surface area contributed by atoms with Crippen LogP contribution in [0.3, 0.4) is 0 Å². The van der Waals surface area contributed by atoms with Crippen LogP contribution in [0.5, 0.6) is 0 Å². The summed E-state index contributed by atoms with van der Waals surface area (Å²) in [6, 6.07) is 9.89. The Morgan fingerprint density at radius 3 is 1.41 bits per heavy atom. The molecule has 0 radical (unpaired) electrons. The Morgan fingerprint density at radius 2 is 1.19 bits per heavy atom. The van der Waals surface area contributed by atoms with Crippen LogP contribution >= 0.6 is 29.1 Å². The van der Waals surface area contributed by atoms with Crippen molar-refractivity contribution in [3.63, 3.8) is 0 Å². The summed E-state index contributed by atoms with van der Waals surface area (Å²) in [5.41, 5.74) is 1.89. The van der Waals surface area contributed by atoms with E-state index in [2.05, 4.69) is 72.6 Å². The van der Waals surface area contributed by atoms with E-state index in [9.17, 15) is 0 Å². The maximum atomic E-state index is 3.81. The molecule has 0 bridgehead atoms. The molecule has 0 fully saturated rings. The number of benzene rings is 1. The number of allylic oxidation sites excluding steroid dienone is 1. The molecule has 0 aliphatic heterocycles. The molecule has 0 heterocycles. The number of hydrogen-bond donors (Lipinski definition) is 0. The minimum atomic E-state index is 0.446. The standard InChI is InChI=1S/C10H10N.2C6H15P.BrH.Pt/c1-9(8-11-2)10-6-4-3-5-7-10;2*1-4-7(5-2)6-3;;/h3-7H,1H2,2H3;2*4-6H2,1-3H3;1H;/q-1;;;;+2/p-1. The zero-order valence-corrected chi connectivity index (χ0v) is 24.0. The van der Waals surface area contributed by atoms with E-state index in [1.807, 2.05) is 48.1 Å². The molecular weight excluding hydrogens is 615 g/mol. The van der Waals surface area contributed by atoms with E-state index in [1.54, 1.807) is 7.05 Å². The number of rotatable bonds is 8. The van der Waals surface area contributed by atoms with Gasteiger partial charge in [-0.2, -0.15) is 12.2 Å². The van der Waals surface area contributed by atoms with Gasteiger partial charge in [0.05, 0.1) is 0 Å². The molecule has 0 spiro atoms. The predicted octanol–water partition coefficient (Wildman–Crippen LogP) is 8.18. The summed E-state index contributed by atoms with van der Waals surface area (Å²) in [4.78, 5) is 3.76. The molecule has 1 aromatic rings. The number of halogens is 1. The molecule has 0 unspecified atom stereocenters. The van der Waals surface area contributed by atoms with Crippen LogP contribution in [0.2, 0.25) is 0 Å². The summed E-state index contributed by atoms with van der Waals surface area (Å²) in [7, 11) is 2.58. The zero-order chi connectivity index (χ0) is 21.5. The average molecular weight is 655 g/mol.